The molecule has 1 aliphatic carbocycles. The van der Waals surface area contributed by atoms with Gasteiger partial charge in [-0.05, 0) is 48.4 Å². The average molecular weight is 234 g/mol. The standard InChI is InChI=1S/C13H14O4/c1-7-9-3-2-8(6-12(14)15)11(9)5-4-10(7)13(16)17/h4-5,8H,2-3,6H2,1H3,(H,14,15)(H,16,17). The zero-order valence-electron chi connectivity index (χ0n) is 9.56. The SMILES string of the molecule is Cc1c(C(=O)O)ccc2c1CCC2CC(=O)O. The maximum Gasteiger partial charge on any atom is 0.335 e. The minimum Gasteiger partial charge on any atom is -0.481 e. The monoisotopic (exact) mass is 234 g/mol. The predicted molar refractivity (Wildman–Crippen MR) is 61.5 cm³/mol. The first-order chi connectivity index (χ1) is 8.00. The number of benzene rings is 1. The first-order valence-electron chi connectivity index (χ1n) is 5.58. The van der Waals surface area contributed by atoms with E-state index in [1.54, 1.807) is 19.1 Å². The molecule has 90 valence electrons. The van der Waals surface area contributed by atoms with Crippen molar-refractivity contribution in [2.75, 3.05) is 0 Å². The second-order valence-corrected chi connectivity index (χ2v) is 4.44. The van der Waals surface area contributed by atoms with E-state index in [2.05, 4.69) is 0 Å². The highest BCUT2D eigenvalue weighted by Crippen LogP contribution is 2.38. The largest absolute Gasteiger partial charge is 0.481 e. The predicted octanol–water partition coefficient (Wildman–Crippen LogP) is 2.20. The zero-order valence-corrected chi connectivity index (χ0v) is 9.56. The van der Waals surface area contributed by atoms with Crippen molar-refractivity contribution in [2.24, 2.45) is 0 Å². The molecule has 0 heterocycles. The molecule has 17 heavy (non-hydrogen) atoms. The number of aliphatic carboxylic acids is 1. The van der Waals surface area contributed by atoms with Crippen molar-refractivity contribution >= 4 is 11.9 Å². The van der Waals surface area contributed by atoms with Crippen molar-refractivity contribution in [2.45, 2.75) is 32.1 Å². The Morgan fingerprint density at radius 2 is 2.06 bits per heavy atom. The average Bonchev–Trinajstić information content (AvgIpc) is 2.61. The molecule has 1 aromatic carbocycles. The Morgan fingerprint density at radius 1 is 1.35 bits per heavy atom. The second kappa shape index (κ2) is 4.20. The van der Waals surface area contributed by atoms with Crippen LogP contribution in [0.1, 0.15) is 45.8 Å². The molecule has 4 heteroatoms. The van der Waals surface area contributed by atoms with Gasteiger partial charge in [0, 0.05) is 0 Å². The van der Waals surface area contributed by atoms with Crippen LogP contribution in [0.2, 0.25) is 0 Å². The number of hydrogen-bond acceptors (Lipinski definition) is 2. The molecule has 1 unspecified atom stereocenters. The Hall–Kier alpha value is -1.84. The van der Waals surface area contributed by atoms with Crippen LogP contribution in [0, 0.1) is 6.92 Å². The van der Waals surface area contributed by atoms with Crippen molar-refractivity contribution in [3.05, 3.63) is 34.4 Å². The highest BCUT2D eigenvalue weighted by Gasteiger charge is 2.27. The van der Waals surface area contributed by atoms with Crippen LogP contribution in [0.5, 0.6) is 0 Å². The van der Waals surface area contributed by atoms with E-state index in [0.29, 0.717) is 5.56 Å². The molecule has 0 amide bonds. The molecule has 1 atom stereocenters. The Kier molecular flexibility index (Phi) is 2.88. The third-order valence-corrected chi connectivity index (χ3v) is 3.47. The van der Waals surface area contributed by atoms with E-state index in [-0.39, 0.29) is 12.3 Å². The Labute approximate surface area is 98.9 Å². The van der Waals surface area contributed by atoms with Crippen LogP contribution >= 0.6 is 0 Å². The van der Waals surface area contributed by atoms with E-state index >= 15 is 0 Å². The summed E-state index contributed by atoms with van der Waals surface area (Å²) < 4.78 is 0. The summed E-state index contributed by atoms with van der Waals surface area (Å²) in [5.74, 6) is -1.70. The highest BCUT2D eigenvalue weighted by molar-refractivity contribution is 5.90. The van der Waals surface area contributed by atoms with Gasteiger partial charge in [-0.15, -0.1) is 0 Å². The summed E-state index contributed by atoms with van der Waals surface area (Å²) in [7, 11) is 0. The van der Waals surface area contributed by atoms with Crippen LogP contribution in [0.4, 0.5) is 0 Å². The van der Waals surface area contributed by atoms with E-state index < -0.39 is 11.9 Å². The van der Waals surface area contributed by atoms with Crippen molar-refractivity contribution < 1.29 is 19.8 Å². The first kappa shape index (κ1) is 11.6. The molecule has 0 saturated carbocycles. The summed E-state index contributed by atoms with van der Waals surface area (Å²) in [5.41, 5.74) is 3.13. The zero-order chi connectivity index (χ0) is 12.6. The number of fused-ring (bicyclic) bond motifs is 1. The van der Waals surface area contributed by atoms with Gasteiger partial charge in [0.05, 0.1) is 12.0 Å². The molecule has 0 spiro atoms. The van der Waals surface area contributed by atoms with Crippen molar-refractivity contribution in [3.8, 4) is 0 Å². The molecule has 1 aromatic rings. The van der Waals surface area contributed by atoms with Gasteiger partial charge in [-0.1, -0.05) is 6.07 Å². The molecule has 0 bridgehead atoms. The molecular formula is C13H14O4. The van der Waals surface area contributed by atoms with Crippen LogP contribution in [-0.4, -0.2) is 22.2 Å². The normalized spacial score (nSPS) is 17.8. The Bertz CT molecular complexity index is 490. The lowest BCUT2D eigenvalue weighted by molar-refractivity contribution is -0.137. The van der Waals surface area contributed by atoms with Crippen molar-refractivity contribution in [1.29, 1.82) is 0 Å². The van der Waals surface area contributed by atoms with Crippen LogP contribution in [0.3, 0.4) is 0 Å². The van der Waals surface area contributed by atoms with Gasteiger partial charge in [0.2, 0.25) is 0 Å². The first-order valence-corrected chi connectivity index (χ1v) is 5.58. The topological polar surface area (TPSA) is 74.6 Å². The molecule has 0 saturated heterocycles. The van der Waals surface area contributed by atoms with Gasteiger partial charge in [-0.2, -0.15) is 0 Å². The quantitative estimate of drug-likeness (QED) is 0.840. The van der Waals surface area contributed by atoms with Crippen molar-refractivity contribution in [3.63, 3.8) is 0 Å². The number of carbonyl (C=O) groups is 2. The summed E-state index contributed by atoms with van der Waals surface area (Å²) in [4.78, 5) is 21.7. The summed E-state index contributed by atoms with van der Waals surface area (Å²) in [6.45, 7) is 1.80. The Morgan fingerprint density at radius 3 is 2.65 bits per heavy atom. The maximum atomic E-state index is 11.0. The van der Waals surface area contributed by atoms with Crippen LogP contribution in [0.25, 0.3) is 0 Å². The lowest BCUT2D eigenvalue weighted by atomic mass is 9.94. The van der Waals surface area contributed by atoms with E-state index in [1.165, 1.54) is 0 Å². The van der Waals surface area contributed by atoms with Crippen molar-refractivity contribution in [1.82, 2.24) is 0 Å². The van der Waals surface area contributed by atoms with Gasteiger partial charge in [-0.25, -0.2) is 4.79 Å². The van der Waals surface area contributed by atoms with Gasteiger partial charge in [-0.3, -0.25) is 4.79 Å². The molecule has 0 aliphatic heterocycles. The minimum absolute atomic E-state index is 0.0315. The molecule has 0 radical (unpaired) electrons. The minimum atomic E-state index is -0.924. The third-order valence-electron chi connectivity index (χ3n) is 3.47. The van der Waals surface area contributed by atoms with Crippen LogP contribution < -0.4 is 0 Å². The highest BCUT2D eigenvalue weighted by atomic mass is 16.4. The number of carboxylic acid groups (broad SMARTS) is 2. The summed E-state index contributed by atoms with van der Waals surface area (Å²) in [6.07, 6.45) is 1.70. The molecule has 2 rings (SSSR count). The molecule has 1 aliphatic rings. The number of hydrogen-bond donors (Lipinski definition) is 2. The van der Waals surface area contributed by atoms with E-state index in [1.807, 2.05) is 0 Å². The van der Waals surface area contributed by atoms with E-state index in [9.17, 15) is 9.59 Å². The van der Waals surface area contributed by atoms with E-state index in [0.717, 1.165) is 29.5 Å². The fourth-order valence-electron chi connectivity index (χ4n) is 2.62. The number of rotatable bonds is 3. The maximum absolute atomic E-state index is 11.0. The van der Waals surface area contributed by atoms with Gasteiger partial charge in [0.15, 0.2) is 0 Å². The summed E-state index contributed by atoms with van der Waals surface area (Å²) in [5, 5.41) is 17.8. The molecule has 0 aromatic heterocycles. The smallest absolute Gasteiger partial charge is 0.335 e. The molecule has 4 nitrogen and oxygen atoms in total. The molecule has 2 N–H and O–H groups in total. The number of carboxylic acids is 2. The lowest BCUT2D eigenvalue weighted by Crippen LogP contribution is -2.05. The lowest BCUT2D eigenvalue weighted by Gasteiger charge is -2.11. The summed E-state index contributed by atoms with van der Waals surface area (Å²) >= 11 is 0. The van der Waals surface area contributed by atoms with Crippen LogP contribution in [-0.2, 0) is 11.2 Å². The van der Waals surface area contributed by atoms with Gasteiger partial charge < -0.3 is 10.2 Å². The Balaban J connectivity index is 2.40. The second-order valence-electron chi connectivity index (χ2n) is 4.44. The van der Waals surface area contributed by atoms with Gasteiger partial charge >= 0.3 is 11.9 Å². The summed E-state index contributed by atoms with van der Waals surface area (Å²) in [6, 6.07) is 3.35. The fraction of sp³-hybridized carbons (Fsp3) is 0.385. The fourth-order valence-corrected chi connectivity index (χ4v) is 2.62. The van der Waals surface area contributed by atoms with E-state index in [4.69, 9.17) is 10.2 Å². The molecular weight excluding hydrogens is 220 g/mol. The third kappa shape index (κ3) is 2.02. The number of aromatic carboxylic acids is 1. The van der Waals surface area contributed by atoms with Crippen LogP contribution in [0.15, 0.2) is 12.1 Å². The van der Waals surface area contributed by atoms with Gasteiger partial charge in [0.1, 0.15) is 0 Å². The van der Waals surface area contributed by atoms with Gasteiger partial charge in [0.25, 0.3) is 0 Å². The molecule has 0 fully saturated rings.